The van der Waals surface area contributed by atoms with E-state index in [2.05, 4.69) is 6.92 Å². The van der Waals surface area contributed by atoms with Crippen LogP contribution in [0, 0.1) is 0 Å². The van der Waals surface area contributed by atoms with E-state index in [9.17, 15) is 36.4 Å². The van der Waals surface area contributed by atoms with Gasteiger partial charge in [-0.3, -0.25) is 4.21 Å². The summed E-state index contributed by atoms with van der Waals surface area (Å²) in [5.41, 5.74) is 1.82. The normalized spacial score (nSPS) is 20.0. The summed E-state index contributed by atoms with van der Waals surface area (Å²) in [7, 11) is 0.439. The molecule has 0 spiro atoms. The van der Waals surface area contributed by atoms with Crippen molar-refractivity contribution in [1.29, 1.82) is 0 Å². The molecule has 41 heavy (non-hydrogen) atoms. The van der Waals surface area contributed by atoms with E-state index in [1.165, 1.54) is 0 Å². The fourth-order valence-corrected chi connectivity index (χ4v) is 6.55. The molecule has 3 atom stereocenters. The Morgan fingerprint density at radius 1 is 0.927 bits per heavy atom. The molecule has 2 aromatic rings. The number of halogens is 5. The van der Waals surface area contributed by atoms with Crippen LogP contribution >= 0.6 is 0 Å². The highest BCUT2D eigenvalue weighted by molar-refractivity contribution is 7.84. The summed E-state index contributed by atoms with van der Waals surface area (Å²) in [5.74, 6) is -3.45. The van der Waals surface area contributed by atoms with Crippen LogP contribution in [0.4, 0.5) is 22.0 Å². The Labute approximate surface area is 241 Å². The Hall–Kier alpha value is -2.40. The second-order valence-corrected chi connectivity index (χ2v) is 12.9. The molecule has 5 nitrogen and oxygen atoms in total. The van der Waals surface area contributed by atoms with Crippen molar-refractivity contribution in [2.24, 2.45) is 0 Å². The molecule has 3 unspecified atom stereocenters. The van der Waals surface area contributed by atoms with Gasteiger partial charge in [0.15, 0.2) is 0 Å². The number of benzene rings is 2. The summed E-state index contributed by atoms with van der Waals surface area (Å²) in [5, 5.41) is 19.7. The Kier molecular flexibility index (Phi) is 11.4. The number of ether oxygens (including phenoxy) is 1. The first-order chi connectivity index (χ1) is 19.2. The number of nitrogens with zero attached hydrogens (tertiary/aromatic N) is 1. The SMILES string of the molecule is CN(CCCCCCC1c2ccc(O)cc2OCC1(C)c1ccc(O)cc1)CCS(=O)CCCC(F)(F)C(F)(F)F. The van der Waals surface area contributed by atoms with Crippen molar-refractivity contribution in [1.82, 2.24) is 4.90 Å². The summed E-state index contributed by atoms with van der Waals surface area (Å²) >= 11 is 0. The monoisotopic (exact) mass is 605 g/mol. The van der Waals surface area contributed by atoms with Crippen molar-refractivity contribution in [3.8, 4) is 17.2 Å². The minimum atomic E-state index is -5.57. The molecule has 2 aromatic carbocycles. The fraction of sp³-hybridized carbons (Fsp3) is 0.600. The predicted octanol–water partition coefficient (Wildman–Crippen LogP) is 7.14. The van der Waals surface area contributed by atoms with Gasteiger partial charge in [0.05, 0.1) is 6.61 Å². The molecule has 3 rings (SSSR count). The molecule has 1 aliphatic rings. The lowest BCUT2D eigenvalue weighted by Gasteiger charge is -2.43. The van der Waals surface area contributed by atoms with Crippen molar-refractivity contribution in [2.75, 3.05) is 38.2 Å². The van der Waals surface area contributed by atoms with E-state index < -0.39 is 35.7 Å². The van der Waals surface area contributed by atoms with Crippen molar-refractivity contribution >= 4 is 10.8 Å². The second kappa shape index (κ2) is 14.2. The maximum absolute atomic E-state index is 13.0. The molecule has 0 fully saturated rings. The van der Waals surface area contributed by atoms with E-state index in [1.54, 1.807) is 24.3 Å². The number of fused-ring (bicyclic) bond motifs is 1. The van der Waals surface area contributed by atoms with Gasteiger partial charge in [0.1, 0.15) is 17.2 Å². The lowest BCUT2D eigenvalue weighted by Crippen LogP contribution is -2.40. The van der Waals surface area contributed by atoms with Crippen LogP contribution in [0.3, 0.4) is 0 Å². The number of aromatic hydroxyl groups is 2. The quantitative estimate of drug-likeness (QED) is 0.167. The van der Waals surface area contributed by atoms with Gasteiger partial charge in [0, 0.05) is 52.7 Å². The molecule has 0 amide bonds. The Morgan fingerprint density at radius 2 is 1.59 bits per heavy atom. The summed E-state index contributed by atoms with van der Waals surface area (Å²) in [6.45, 7) is 3.88. The molecule has 2 N–H and O–H groups in total. The van der Waals surface area contributed by atoms with Crippen molar-refractivity contribution < 1.29 is 41.1 Å². The number of unbranched alkanes of at least 4 members (excludes halogenated alkanes) is 3. The molecular formula is C30H40F5NO4S. The molecule has 0 saturated carbocycles. The maximum Gasteiger partial charge on any atom is 0.453 e. The highest BCUT2D eigenvalue weighted by atomic mass is 32.2. The van der Waals surface area contributed by atoms with Crippen LogP contribution in [0.25, 0.3) is 0 Å². The summed E-state index contributed by atoms with van der Waals surface area (Å²) in [6, 6.07) is 12.5. The highest BCUT2D eigenvalue weighted by Gasteiger charge is 2.56. The second-order valence-electron chi connectivity index (χ2n) is 11.2. The zero-order chi connectivity index (χ0) is 30.3. The van der Waals surface area contributed by atoms with Crippen LogP contribution in [0.5, 0.6) is 17.2 Å². The highest BCUT2D eigenvalue weighted by Crippen LogP contribution is 2.49. The van der Waals surface area contributed by atoms with Gasteiger partial charge in [-0.05, 0) is 62.2 Å². The van der Waals surface area contributed by atoms with Gasteiger partial charge in [-0.25, -0.2) is 0 Å². The topological polar surface area (TPSA) is 70.0 Å². The van der Waals surface area contributed by atoms with Crippen LogP contribution in [-0.2, 0) is 16.2 Å². The van der Waals surface area contributed by atoms with Crippen molar-refractivity contribution in [2.45, 2.75) is 75.3 Å². The number of phenolic OH excluding ortho intramolecular Hbond substituents is 2. The third-order valence-corrected chi connectivity index (χ3v) is 9.34. The van der Waals surface area contributed by atoms with Gasteiger partial charge in [-0.15, -0.1) is 0 Å². The smallest absolute Gasteiger partial charge is 0.453 e. The number of hydrogen-bond donors (Lipinski definition) is 2. The van der Waals surface area contributed by atoms with E-state index >= 15 is 0 Å². The number of phenols is 2. The van der Waals surface area contributed by atoms with Gasteiger partial charge in [-0.2, -0.15) is 22.0 Å². The predicted molar refractivity (Wildman–Crippen MR) is 150 cm³/mol. The van der Waals surface area contributed by atoms with Crippen LogP contribution in [0.1, 0.15) is 68.9 Å². The standard InChI is InChI=1S/C30H40F5NO4S/c1-28(22-9-11-23(37)12-10-22)21-40-27-20-24(38)13-14-25(27)26(28)8-5-3-4-6-16-36(2)17-19-41(39)18-7-15-29(31,32)30(33,34)35/h9-14,20,26,37-38H,3-8,15-19,21H2,1-2H3. The summed E-state index contributed by atoms with van der Waals surface area (Å²) in [6.07, 6.45) is -2.53. The van der Waals surface area contributed by atoms with Gasteiger partial charge >= 0.3 is 12.1 Å². The minimum absolute atomic E-state index is 0.158. The summed E-state index contributed by atoms with van der Waals surface area (Å²) < 4.78 is 80.8. The van der Waals surface area contributed by atoms with Crippen LogP contribution in [-0.4, -0.2) is 69.7 Å². The molecule has 0 radical (unpaired) electrons. The van der Waals surface area contributed by atoms with E-state index in [0.29, 0.717) is 18.9 Å². The zero-order valence-corrected chi connectivity index (χ0v) is 24.4. The average molecular weight is 606 g/mol. The van der Waals surface area contributed by atoms with Crippen molar-refractivity contribution in [3.05, 3.63) is 53.6 Å². The minimum Gasteiger partial charge on any atom is -0.508 e. The van der Waals surface area contributed by atoms with E-state index in [1.807, 2.05) is 30.1 Å². The first-order valence-electron chi connectivity index (χ1n) is 14.0. The Bertz CT molecular complexity index is 1140. The zero-order valence-electron chi connectivity index (χ0n) is 23.6. The number of hydrogen-bond acceptors (Lipinski definition) is 5. The van der Waals surface area contributed by atoms with Gasteiger partial charge < -0.3 is 19.8 Å². The van der Waals surface area contributed by atoms with Gasteiger partial charge in [0.25, 0.3) is 0 Å². The molecule has 0 saturated heterocycles. The Balaban J connectivity index is 1.41. The number of rotatable bonds is 15. The molecule has 11 heteroatoms. The first-order valence-corrected chi connectivity index (χ1v) is 15.4. The van der Waals surface area contributed by atoms with E-state index in [0.717, 1.165) is 49.8 Å². The van der Waals surface area contributed by atoms with Crippen LogP contribution < -0.4 is 4.74 Å². The molecule has 0 aromatic heterocycles. The van der Waals surface area contributed by atoms with E-state index in [-0.39, 0.29) is 34.3 Å². The maximum atomic E-state index is 13.0. The third-order valence-electron chi connectivity index (χ3n) is 7.96. The average Bonchev–Trinajstić information content (AvgIpc) is 2.90. The van der Waals surface area contributed by atoms with Gasteiger partial charge in [0.2, 0.25) is 0 Å². The molecule has 1 aliphatic heterocycles. The lowest BCUT2D eigenvalue weighted by atomic mass is 9.66. The molecule has 0 aliphatic carbocycles. The largest absolute Gasteiger partial charge is 0.508 e. The molecule has 0 bridgehead atoms. The lowest BCUT2D eigenvalue weighted by molar-refractivity contribution is -0.284. The Morgan fingerprint density at radius 3 is 2.27 bits per heavy atom. The molecular weight excluding hydrogens is 565 g/mol. The van der Waals surface area contributed by atoms with E-state index in [4.69, 9.17) is 4.74 Å². The number of alkyl halides is 5. The third kappa shape index (κ3) is 9.04. The van der Waals surface area contributed by atoms with Crippen LogP contribution in [0.2, 0.25) is 0 Å². The van der Waals surface area contributed by atoms with Crippen LogP contribution in [0.15, 0.2) is 42.5 Å². The first kappa shape index (κ1) is 33.1. The van der Waals surface area contributed by atoms with Crippen molar-refractivity contribution in [3.63, 3.8) is 0 Å². The fourth-order valence-electron chi connectivity index (χ4n) is 5.36. The van der Waals surface area contributed by atoms with Gasteiger partial charge in [-0.1, -0.05) is 44.4 Å². The molecule has 1 heterocycles. The molecule has 230 valence electrons. The summed E-state index contributed by atoms with van der Waals surface area (Å²) in [4.78, 5) is 2.01.